The van der Waals surface area contributed by atoms with E-state index in [4.69, 9.17) is 5.73 Å². The number of nitrogens with two attached hydrogens (primary N) is 1. The number of rotatable bonds is 4. The van der Waals surface area contributed by atoms with Crippen molar-refractivity contribution in [3.05, 3.63) is 18.5 Å². The highest BCUT2D eigenvalue weighted by Gasteiger charge is 2.28. The molecule has 1 saturated heterocycles. The third-order valence-corrected chi connectivity index (χ3v) is 5.62. The quantitative estimate of drug-likeness (QED) is 0.762. The molecule has 1 aromatic heterocycles. The van der Waals surface area contributed by atoms with Gasteiger partial charge >= 0.3 is 0 Å². The lowest BCUT2D eigenvalue weighted by molar-refractivity contribution is -0.119. The highest BCUT2D eigenvalue weighted by Crippen LogP contribution is 2.23. The predicted molar refractivity (Wildman–Crippen MR) is 74.6 cm³/mol. The van der Waals surface area contributed by atoms with Crippen LogP contribution in [0, 0.1) is 0 Å². The smallest absolute Gasteiger partial charge is 0.230 e. The molecule has 0 aromatic carbocycles. The molecular weight excluding hydrogens is 286 g/mol. The molecule has 1 aliphatic heterocycles. The van der Waals surface area contributed by atoms with Crippen LogP contribution in [0.4, 0.5) is 5.69 Å². The molecule has 1 aliphatic rings. The highest BCUT2D eigenvalue weighted by molar-refractivity contribution is 8.00. The molecule has 0 radical (unpaired) electrons. The lowest BCUT2D eigenvalue weighted by Crippen LogP contribution is -2.36. The highest BCUT2D eigenvalue weighted by atomic mass is 32.2. The van der Waals surface area contributed by atoms with Gasteiger partial charge in [-0.25, -0.2) is 8.42 Å². The van der Waals surface area contributed by atoms with E-state index in [1.165, 1.54) is 18.0 Å². The zero-order valence-corrected chi connectivity index (χ0v) is 11.8. The van der Waals surface area contributed by atoms with Gasteiger partial charge in [0, 0.05) is 17.1 Å². The minimum atomic E-state index is -2.96. The largest absolute Gasteiger partial charge is 0.397 e. The van der Waals surface area contributed by atoms with Crippen LogP contribution >= 0.6 is 11.8 Å². The van der Waals surface area contributed by atoms with Gasteiger partial charge in [-0.2, -0.15) is 0 Å². The summed E-state index contributed by atoms with van der Waals surface area (Å²) < 4.78 is 22.5. The summed E-state index contributed by atoms with van der Waals surface area (Å²) in [5.74, 6) is 0.233. The maximum atomic E-state index is 11.7. The van der Waals surface area contributed by atoms with Gasteiger partial charge in [0.25, 0.3) is 0 Å². The van der Waals surface area contributed by atoms with Crippen molar-refractivity contribution in [1.82, 2.24) is 10.3 Å². The molecule has 0 spiro atoms. The second kappa shape index (κ2) is 5.79. The number of carbonyl (C=O) groups excluding carboxylic acids is 1. The first-order valence-corrected chi connectivity index (χ1v) is 8.59. The van der Waals surface area contributed by atoms with E-state index in [0.29, 0.717) is 12.1 Å². The molecule has 0 saturated carbocycles. The van der Waals surface area contributed by atoms with E-state index < -0.39 is 9.84 Å². The van der Waals surface area contributed by atoms with Crippen molar-refractivity contribution in [1.29, 1.82) is 0 Å². The molecule has 0 aliphatic carbocycles. The fraction of sp³-hybridized carbons (Fsp3) is 0.455. The molecule has 6 nitrogen and oxygen atoms in total. The topological polar surface area (TPSA) is 102 Å². The maximum absolute atomic E-state index is 11.7. The van der Waals surface area contributed by atoms with Gasteiger partial charge in [0.2, 0.25) is 5.91 Å². The van der Waals surface area contributed by atoms with Gasteiger partial charge in [0.1, 0.15) is 0 Å². The third kappa shape index (κ3) is 4.10. The van der Waals surface area contributed by atoms with Gasteiger partial charge in [0.05, 0.1) is 29.1 Å². The predicted octanol–water partition coefficient (Wildman–Crippen LogP) is 0.0592. The number of hydrogen-bond donors (Lipinski definition) is 2. The number of amides is 1. The average molecular weight is 301 g/mol. The third-order valence-electron chi connectivity index (χ3n) is 2.77. The second-order valence-corrected chi connectivity index (χ2v) is 7.62. The van der Waals surface area contributed by atoms with Crippen LogP contribution < -0.4 is 11.1 Å². The van der Waals surface area contributed by atoms with Gasteiger partial charge in [0.15, 0.2) is 9.84 Å². The molecule has 1 fully saturated rings. The lowest BCUT2D eigenvalue weighted by Gasteiger charge is -2.10. The summed E-state index contributed by atoms with van der Waals surface area (Å²) in [5.41, 5.74) is 6.24. The van der Waals surface area contributed by atoms with Crippen LogP contribution in [-0.4, -0.2) is 42.6 Å². The first-order valence-electron chi connectivity index (χ1n) is 5.78. The molecular formula is C11H15N3O3S2. The van der Waals surface area contributed by atoms with Gasteiger partial charge in [-0.1, -0.05) is 0 Å². The SMILES string of the molecule is Nc1cnccc1SCC(=O)NC1CCS(=O)(=O)C1. The first kappa shape index (κ1) is 14.1. The fourth-order valence-corrected chi connectivity index (χ4v) is 4.27. The molecule has 19 heavy (non-hydrogen) atoms. The van der Waals surface area contributed by atoms with E-state index in [2.05, 4.69) is 10.3 Å². The zero-order valence-electron chi connectivity index (χ0n) is 10.2. The van der Waals surface area contributed by atoms with Crippen molar-refractivity contribution in [2.45, 2.75) is 17.4 Å². The monoisotopic (exact) mass is 301 g/mol. The standard InChI is InChI=1S/C11H15N3O3S2/c12-9-5-13-3-1-10(9)18-6-11(15)14-8-2-4-19(16,17)7-8/h1,3,5,8H,2,4,6-7,12H2,(H,14,15). The van der Waals surface area contributed by atoms with Crippen molar-refractivity contribution >= 4 is 33.2 Å². The van der Waals surface area contributed by atoms with Crippen molar-refractivity contribution in [2.75, 3.05) is 23.0 Å². The first-order chi connectivity index (χ1) is 8.96. The van der Waals surface area contributed by atoms with Crippen LogP contribution in [-0.2, 0) is 14.6 Å². The van der Waals surface area contributed by atoms with E-state index in [1.54, 1.807) is 12.3 Å². The van der Waals surface area contributed by atoms with Crippen LogP contribution in [0.15, 0.2) is 23.4 Å². The second-order valence-electron chi connectivity index (χ2n) is 4.37. The number of carbonyl (C=O) groups is 1. The number of hydrogen-bond acceptors (Lipinski definition) is 6. The lowest BCUT2D eigenvalue weighted by atomic mass is 10.3. The summed E-state index contributed by atoms with van der Waals surface area (Å²) in [6.07, 6.45) is 3.64. The maximum Gasteiger partial charge on any atom is 0.230 e. The van der Waals surface area contributed by atoms with E-state index in [1.807, 2.05) is 0 Å². The number of thioether (sulfide) groups is 1. The molecule has 2 rings (SSSR count). The number of anilines is 1. The molecule has 8 heteroatoms. The Bertz CT molecular complexity index is 574. The molecule has 3 N–H and O–H groups in total. The van der Waals surface area contributed by atoms with Crippen LogP contribution in [0.5, 0.6) is 0 Å². The number of pyridine rings is 1. The molecule has 1 unspecified atom stereocenters. The fourth-order valence-electron chi connectivity index (χ4n) is 1.85. The van der Waals surface area contributed by atoms with Crippen LogP contribution in [0.2, 0.25) is 0 Å². The van der Waals surface area contributed by atoms with Crippen molar-refractivity contribution in [3.8, 4) is 0 Å². The van der Waals surface area contributed by atoms with Crippen LogP contribution in [0.25, 0.3) is 0 Å². The Morgan fingerprint density at radius 2 is 2.37 bits per heavy atom. The molecule has 1 amide bonds. The zero-order chi connectivity index (χ0) is 13.9. The van der Waals surface area contributed by atoms with Gasteiger partial charge in [-0.15, -0.1) is 11.8 Å². The summed E-state index contributed by atoms with van der Waals surface area (Å²) in [5, 5.41) is 2.73. The van der Waals surface area contributed by atoms with E-state index >= 15 is 0 Å². The van der Waals surface area contributed by atoms with Crippen molar-refractivity contribution in [3.63, 3.8) is 0 Å². The van der Waals surface area contributed by atoms with Gasteiger partial charge in [-0.3, -0.25) is 9.78 Å². The number of sulfone groups is 1. The molecule has 104 valence electrons. The number of nitrogens with one attached hydrogen (secondary N) is 1. The summed E-state index contributed by atoms with van der Waals surface area (Å²) in [6, 6.07) is 1.49. The molecule has 0 bridgehead atoms. The Labute approximate surface area is 116 Å². The number of aromatic nitrogens is 1. The van der Waals surface area contributed by atoms with E-state index in [9.17, 15) is 13.2 Å². The Balaban J connectivity index is 1.81. The van der Waals surface area contributed by atoms with Gasteiger partial charge < -0.3 is 11.1 Å². The van der Waals surface area contributed by atoms with Crippen LogP contribution in [0.1, 0.15) is 6.42 Å². The minimum absolute atomic E-state index is 0.0425. The van der Waals surface area contributed by atoms with Crippen LogP contribution in [0.3, 0.4) is 0 Å². The molecule has 2 heterocycles. The molecule has 1 aromatic rings. The summed E-state index contributed by atoms with van der Waals surface area (Å²) in [4.78, 5) is 16.4. The molecule has 1 atom stereocenters. The summed E-state index contributed by atoms with van der Waals surface area (Å²) in [7, 11) is -2.96. The average Bonchev–Trinajstić information content (AvgIpc) is 2.67. The van der Waals surface area contributed by atoms with Crippen molar-refractivity contribution < 1.29 is 13.2 Å². The summed E-state index contributed by atoms with van der Waals surface area (Å²) >= 11 is 1.31. The van der Waals surface area contributed by atoms with Crippen molar-refractivity contribution in [2.24, 2.45) is 0 Å². The van der Waals surface area contributed by atoms with Gasteiger partial charge in [-0.05, 0) is 12.5 Å². The minimum Gasteiger partial charge on any atom is -0.397 e. The Morgan fingerprint density at radius 1 is 1.58 bits per heavy atom. The Kier molecular flexibility index (Phi) is 4.31. The summed E-state index contributed by atoms with van der Waals surface area (Å²) in [6.45, 7) is 0. The van der Waals surface area contributed by atoms with E-state index in [-0.39, 0.29) is 29.2 Å². The Hall–Kier alpha value is -1.28. The number of nitrogens with zero attached hydrogens (tertiary/aromatic N) is 1. The van der Waals surface area contributed by atoms with E-state index in [0.717, 1.165) is 4.90 Å². The Morgan fingerprint density at radius 3 is 3.00 bits per heavy atom. The normalized spacial score (nSPS) is 21.2. The number of nitrogen functional groups attached to an aromatic ring is 1.